The van der Waals surface area contributed by atoms with Crippen molar-refractivity contribution in [3.8, 4) is 0 Å². The maximum Gasteiger partial charge on any atom is 0.340 e. The van der Waals surface area contributed by atoms with Gasteiger partial charge in [-0.1, -0.05) is 30.4 Å². The molecule has 2 aromatic rings. The van der Waals surface area contributed by atoms with E-state index in [1.54, 1.807) is 35.7 Å². The second kappa shape index (κ2) is 6.72. The van der Waals surface area contributed by atoms with Gasteiger partial charge >= 0.3 is 5.97 Å². The summed E-state index contributed by atoms with van der Waals surface area (Å²) in [5.41, 5.74) is 0.362. The van der Waals surface area contributed by atoms with Gasteiger partial charge in [-0.2, -0.15) is 0 Å². The number of allylic oxidation sites excluding steroid dienone is 2. The second-order valence-electron chi connectivity index (χ2n) is 8.66. The Labute approximate surface area is 182 Å². The number of carbonyl (C=O) groups is 4. The number of benzene rings is 1. The van der Waals surface area contributed by atoms with Crippen LogP contribution in [0, 0.1) is 35.5 Å². The highest BCUT2D eigenvalue weighted by molar-refractivity contribution is 7.12. The SMILES string of the molecule is O=C(COC(=O)c1ccccc1N1C(=O)[C@H]2[C@@H]3C=C[C@@H]([C@H]4C[C@H]34)[C@@H]2C1=O)c1cccs1. The Hall–Kier alpha value is -3.06. The molecule has 0 unspecified atom stereocenters. The van der Waals surface area contributed by atoms with Crippen molar-refractivity contribution < 1.29 is 23.9 Å². The Kier molecular flexibility index (Phi) is 4.05. The van der Waals surface area contributed by atoms with Gasteiger partial charge in [-0.15, -0.1) is 11.3 Å². The minimum absolute atomic E-state index is 0.115. The third-order valence-electron chi connectivity index (χ3n) is 7.16. The average Bonchev–Trinajstić information content (AvgIpc) is 3.36. The van der Waals surface area contributed by atoms with E-state index in [-0.39, 0.29) is 52.5 Å². The van der Waals surface area contributed by atoms with E-state index in [0.717, 1.165) is 6.42 Å². The number of hydrogen-bond donors (Lipinski definition) is 0. The molecule has 1 aliphatic heterocycles. The van der Waals surface area contributed by atoms with E-state index in [4.69, 9.17) is 4.74 Å². The highest BCUT2D eigenvalue weighted by Crippen LogP contribution is 2.65. The van der Waals surface area contributed by atoms with Crippen molar-refractivity contribution in [3.63, 3.8) is 0 Å². The topological polar surface area (TPSA) is 80.8 Å². The van der Waals surface area contributed by atoms with Crippen LogP contribution in [0.3, 0.4) is 0 Å². The molecule has 1 aromatic heterocycles. The summed E-state index contributed by atoms with van der Waals surface area (Å²) in [5.74, 6) is -0.890. The van der Waals surface area contributed by atoms with Crippen LogP contribution in [0.25, 0.3) is 0 Å². The molecule has 4 aliphatic carbocycles. The van der Waals surface area contributed by atoms with E-state index in [9.17, 15) is 19.2 Å². The molecule has 0 spiro atoms. The highest BCUT2D eigenvalue weighted by Gasteiger charge is 2.67. The molecular formula is C24H19NO5S. The molecule has 6 nitrogen and oxygen atoms in total. The molecule has 7 rings (SSSR count). The van der Waals surface area contributed by atoms with Crippen molar-refractivity contribution in [3.05, 3.63) is 64.4 Å². The summed E-state index contributed by atoms with van der Waals surface area (Å²) < 4.78 is 5.24. The summed E-state index contributed by atoms with van der Waals surface area (Å²) in [7, 11) is 0. The first-order valence-corrected chi connectivity index (χ1v) is 11.3. The fourth-order valence-corrected chi connectivity index (χ4v) is 6.40. The van der Waals surface area contributed by atoms with Gasteiger partial charge in [0.15, 0.2) is 6.61 Å². The fraction of sp³-hybridized carbons (Fsp3) is 0.333. The minimum Gasteiger partial charge on any atom is -0.454 e. The van der Waals surface area contributed by atoms with Gasteiger partial charge < -0.3 is 4.74 Å². The van der Waals surface area contributed by atoms with Gasteiger partial charge in [0.25, 0.3) is 0 Å². The van der Waals surface area contributed by atoms with E-state index < -0.39 is 12.6 Å². The minimum atomic E-state index is -0.722. The molecule has 156 valence electrons. The Morgan fingerprint density at radius 3 is 2.29 bits per heavy atom. The Balaban J connectivity index is 1.27. The lowest BCUT2D eigenvalue weighted by atomic mass is 9.63. The van der Waals surface area contributed by atoms with Crippen molar-refractivity contribution in [1.29, 1.82) is 0 Å². The molecule has 31 heavy (non-hydrogen) atoms. The van der Waals surface area contributed by atoms with Gasteiger partial charge in [-0.05, 0) is 53.7 Å². The first kappa shape index (κ1) is 18.7. The van der Waals surface area contributed by atoms with Gasteiger partial charge in [0.1, 0.15) is 0 Å². The zero-order chi connectivity index (χ0) is 21.3. The van der Waals surface area contributed by atoms with Gasteiger partial charge in [0.2, 0.25) is 17.6 Å². The molecule has 6 atom stereocenters. The Bertz CT molecular complexity index is 1120. The van der Waals surface area contributed by atoms with Crippen molar-refractivity contribution in [1.82, 2.24) is 0 Å². The predicted molar refractivity (Wildman–Crippen MR) is 113 cm³/mol. The standard InChI is InChI=1S/C24H19NO5S/c26-18(19-6-3-9-31-19)11-30-24(29)14-4-1-2-5-17(14)25-22(27)20-12-7-8-13(16-10-15(12)16)21(20)23(25)28/h1-9,12-13,15-16,20-21H,10-11H2/t12-,13+,15-,16-,20+,21+/m1/s1. The predicted octanol–water partition coefficient (Wildman–Crippen LogP) is 3.35. The summed E-state index contributed by atoms with van der Waals surface area (Å²) in [4.78, 5) is 53.4. The number of anilines is 1. The van der Waals surface area contributed by atoms with Crippen LogP contribution < -0.4 is 4.90 Å². The van der Waals surface area contributed by atoms with Crippen LogP contribution in [0.15, 0.2) is 53.9 Å². The largest absolute Gasteiger partial charge is 0.454 e. The molecule has 2 heterocycles. The number of thiophene rings is 1. The number of carbonyl (C=O) groups excluding carboxylic acids is 4. The van der Waals surface area contributed by atoms with Crippen molar-refractivity contribution in [2.45, 2.75) is 6.42 Å². The number of ketones is 1. The van der Waals surface area contributed by atoms with Gasteiger partial charge in [-0.3, -0.25) is 14.4 Å². The number of para-hydroxylation sites is 1. The monoisotopic (exact) mass is 433 g/mol. The van der Waals surface area contributed by atoms with Gasteiger partial charge in [0, 0.05) is 0 Å². The van der Waals surface area contributed by atoms with Crippen molar-refractivity contribution >= 4 is 40.6 Å². The van der Waals surface area contributed by atoms with Gasteiger partial charge in [0.05, 0.1) is 28.0 Å². The molecule has 2 bridgehead atoms. The van der Waals surface area contributed by atoms with Crippen LogP contribution in [-0.2, 0) is 14.3 Å². The van der Waals surface area contributed by atoms with E-state index in [0.29, 0.717) is 16.7 Å². The molecule has 0 radical (unpaired) electrons. The van der Waals surface area contributed by atoms with Crippen LogP contribution in [0.4, 0.5) is 5.69 Å². The fourth-order valence-electron chi connectivity index (χ4n) is 5.75. The lowest BCUT2D eigenvalue weighted by Gasteiger charge is -2.37. The number of amides is 2. The number of ether oxygens (including phenoxy) is 1. The number of nitrogens with zero attached hydrogens (tertiary/aromatic N) is 1. The van der Waals surface area contributed by atoms with E-state index in [2.05, 4.69) is 12.2 Å². The zero-order valence-corrected chi connectivity index (χ0v) is 17.3. The van der Waals surface area contributed by atoms with E-state index >= 15 is 0 Å². The smallest absolute Gasteiger partial charge is 0.340 e. The maximum absolute atomic E-state index is 13.4. The molecular weight excluding hydrogens is 414 g/mol. The number of rotatable bonds is 5. The molecule has 7 heteroatoms. The first-order chi connectivity index (χ1) is 15.1. The van der Waals surface area contributed by atoms with Crippen molar-refractivity contribution in [2.24, 2.45) is 35.5 Å². The van der Waals surface area contributed by atoms with Crippen LogP contribution in [0.1, 0.15) is 26.5 Å². The van der Waals surface area contributed by atoms with Crippen LogP contribution in [0.5, 0.6) is 0 Å². The lowest BCUT2D eigenvalue weighted by molar-refractivity contribution is -0.124. The van der Waals surface area contributed by atoms with E-state index in [1.165, 1.54) is 22.3 Å². The second-order valence-corrected chi connectivity index (χ2v) is 9.61. The highest BCUT2D eigenvalue weighted by atomic mass is 32.1. The summed E-state index contributed by atoms with van der Waals surface area (Å²) in [6.45, 7) is -0.391. The summed E-state index contributed by atoms with van der Waals surface area (Å²) in [6.07, 6.45) is 5.33. The van der Waals surface area contributed by atoms with Gasteiger partial charge in [-0.25, -0.2) is 9.69 Å². The number of hydrogen-bond acceptors (Lipinski definition) is 6. The van der Waals surface area contributed by atoms with E-state index in [1.807, 2.05) is 0 Å². The maximum atomic E-state index is 13.4. The first-order valence-electron chi connectivity index (χ1n) is 10.5. The average molecular weight is 433 g/mol. The zero-order valence-electron chi connectivity index (χ0n) is 16.5. The van der Waals surface area contributed by atoms with Crippen LogP contribution in [0.2, 0.25) is 0 Å². The quantitative estimate of drug-likeness (QED) is 0.313. The third-order valence-corrected chi connectivity index (χ3v) is 8.07. The lowest BCUT2D eigenvalue weighted by Crippen LogP contribution is -2.40. The Morgan fingerprint density at radius 1 is 0.968 bits per heavy atom. The third kappa shape index (κ3) is 2.69. The molecule has 1 saturated heterocycles. The number of Topliss-reactive ketones (excluding diaryl/α,β-unsaturated/α-hetero) is 1. The molecule has 2 amide bonds. The molecule has 3 fully saturated rings. The number of esters is 1. The summed E-state index contributed by atoms with van der Waals surface area (Å²) in [6, 6.07) is 9.90. The number of imide groups is 1. The summed E-state index contributed by atoms with van der Waals surface area (Å²) in [5, 5.41) is 1.78. The molecule has 1 aromatic carbocycles. The van der Waals surface area contributed by atoms with Crippen LogP contribution >= 0.6 is 11.3 Å². The van der Waals surface area contributed by atoms with Crippen LogP contribution in [-0.4, -0.2) is 30.2 Å². The molecule has 0 N–H and O–H groups in total. The summed E-state index contributed by atoms with van der Waals surface area (Å²) >= 11 is 1.28. The Morgan fingerprint density at radius 2 is 1.65 bits per heavy atom. The van der Waals surface area contributed by atoms with Crippen molar-refractivity contribution in [2.75, 3.05) is 11.5 Å². The molecule has 5 aliphatic rings. The normalized spacial score (nSPS) is 32.1. The molecule has 2 saturated carbocycles.